The Morgan fingerprint density at radius 2 is 1.50 bits per heavy atom. The Morgan fingerprint density at radius 1 is 0.882 bits per heavy atom. The number of aliphatic hydroxyl groups excluding tert-OH is 1. The maximum atomic E-state index is 12.9. The number of aromatic nitrogens is 2. The van der Waals surface area contributed by atoms with E-state index in [1.807, 2.05) is 91.0 Å². The summed E-state index contributed by atoms with van der Waals surface area (Å²) < 4.78 is 8.47. The summed E-state index contributed by atoms with van der Waals surface area (Å²) in [6, 6.07) is 28.5. The molecule has 34 heavy (non-hydrogen) atoms. The predicted molar refractivity (Wildman–Crippen MR) is 131 cm³/mol. The van der Waals surface area contributed by atoms with E-state index in [9.17, 15) is 15.0 Å². The number of aliphatic hydroxyl groups is 1. The quantitative estimate of drug-likeness (QED) is 0.360. The molecule has 176 valence electrons. The van der Waals surface area contributed by atoms with Crippen molar-refractivity contribution in [3.8, 4) is 17.3 Å². The number of ether oxygens (including phenoxy) is 1. The monoisotopic (exact) mass is 459 g/mol. The number of imidazole rings is 1. The molecule has 1 atom stereocenters. The van der Waals surface area contributed by atoms with Crippen LogP contribution in [0.1, 0.15) is 5.56 Å². The van der Waals surface area contributed by atoms with E-state index in [-0.39, 0.29) is 24.7 Å². The molecule has 0 saturated heterocycles. The first-order valence-corrected chi connectivity index (χ1v) is 11.3. The van der Waals surface area contributed by atoms with Gasteiger partial charge in [-0.2, -0.15) is 0 Å². The van der Waals surface area contributed by atoms with Gasteiger partial charge in [0, 0.05) is 26.2 Å². The Labute approximate surface area is 198 Å². The van der Waals surface area contributed by atoms with E-state index in [2.05, 4.69) is 4.90 Å². The molecule has 1 unspecified atom stereocenters. The maximum absolute atomic E-state index is 12.9. The molecule has 0 aliphatic carbocycles. The maximum Gasteiger partial charge on any atom is 0.335 e. The first kappa shape index (κ1) is 23.4. The molecule has 3 aromatic carbocycles. The van der Waals surface area contributed by atoms with Gasteiger partial charge in [-0.1, -0.05) is 66.7 Å². The lowest BCUT2D eigenvalue weighted by molar-refractivity contribution is 0.0640. The Bertz CT molecular complexity index is 1210. The SMILES string of the molecule is O=c1n(-c2ccccc2)cc(O)n1CCN(Cc1ccccc1)CC(O)COc1ccccc1. The van der Waals surface area contributed by atoms with Gasteiger partial charge in [0.2, 0.25) is 5.88 Å². The zero-order chi connectivity index (χ0) is 23.8. The van der Waals surface area contributed by atoms with E-state index in [0.717, 1.165) is 5.56 Å². The molecule has 0 amide bonds. The Hall–Kier alpha value is -3.81. The predicted octanol–water partition coefficient (Wildman–Crippen LogP) is 3.29. The van der Waals surface area contributed by atoms with Crippen LogP contribution >= 0.6 is 0 Å². The van der Waals surface area contributed by atoms with Crippen LogP contribution in [-0.2, 0) is 13.1 Å². The van der Waals surface area contributed by atoms with E-state index in [4.69, 9.17) is 4.74 Å². The van der Waals surface area contributed by atoms with E-state index >= 15 is 0 Å². The number of benzene rings is 3. The fourth-order valence-corrected chi connectivity index (χ4v) is 3.83. The molecular weight excluding hydrogens is 430 g/mol. The number of para-hydroxylation sites is 2. The Morgan fingerprint density at radius 3 is 2.18 bits per heavy atom. The molecule has 0 saturated carbocycles. The van der Waals surface area contributed by atoms with Gasteiger partial charge in [-0.25, -0.2) is 4.79 Å². The van der Waals surface area contributed by atoms with Crippen LogP contribution in [0, 0.1) is 0 Å². The third kappa shape index (κ3) is 6.15. The van der Waals surface area contributed by atoms with E-state index in [0.29, 0.717) is 31.1 Å². The van der Waals surface area contributed by atoms with Crippen molar-refractivity contribution in [2.24, 2.45) is 0 Å². The summed E-state index contributed by atoms with van der Waals surface area (Å²) in [6.45, 7) is 1.85. The Kier molecular flexibility index (Phi) is 7.80. The molecule has 7 heteroatoms. The summed E-state index contributed by atoms with van der Waals surface area (Å²) in [7, 11) is 0. The molecule has 4 aromatic rings. The van der Waals surface area contributed by atoms with Gasteiger partial charge >= 0.3 is 5.69 Å². The van der Waals surface area contributed by atoms with Crippen molar-refractivity contribution < 1.29 is 14.9 Å². The largest absolute Gasteiger partial charge is 0.493 e. The topological polar surface area (TPSA) is 79.9 Å². The normalized spacial score (nSPS) is 12.1. The fourth-order valence-electron chi connectivity index (χ4n) is 3.83. The fraction of sp³-hybridized carbons (Fsp3) is 0.222. The van der Waals surface area contributed by atoms with Gasteiger partial charge in [0.05, 0.1) is 11.9 Å². The van der Waals surface area contributed by atoms with Crippen molar-refractivity contribution >= 4 is 0 Å². The van der Waals surface area contributed by atoms with Crippen molar-refractivity contribution in [1.29, 1.82) is 0 Å². The van der Waals surface area contributed by atoms with Crippen molar-refractivity contribution in [3.63, 3.8) is 0 Å². The molecule has 0 aliphatic rings. The molecule has 0 aliphatic heterocycles. The van der Waals surface area contributed by atoms with Crippen LogP contribution in [0.3, 0.4) is 0 Å². The number of hydrogen-bond acceptors (Lipinski definition) is 5. The second kappa shape index (κ2) is 11.4. The van der Waals surface area contributed by atoms with Crippen molar-refractivity contribution in [3.05, 3.63) is 113 Å². The van der Waals surface area contributed by atoms with Gasteiger partial charge in [-0.05, 0) is 29.8 Å². The van der Waals surface area contributed by atoms with E-state index < -0.39 is 6.10 Å². The van der Waals surface area contributed by atoms with Gasteiger partial charge in [-0.3, -0.25) is 14.0 Å². The standard InChI is InChI=1S/C27H29N3O4/c31-24(21-34-25-14-8-3-9-15-25)19-28(18-22-10-4-1-5-11-22)16-17-29-26(32)20-30(27(29)33)23-12-6-2-7-13-23/h1-15,20,24,31-32H,16-19,21H2. The molecule has 4 rings (SSSR count). The van der Waals surface area contributed by atoms with E-state index in [1.54, 1.807) is 0 Å². The van der Waals surface area contributed by atoms with Gasteiger partial charge in [0.15, 0.2) is 0 Å². The molecule has 2 N–H and O–H groups in total. The summed E-state index contributed by atoms with van der Waals surface area (Å²) in [5.41, 5.74) is 1.48. The number of aromatic hydroxyl groups is 1. The van der Waals surface area contributed by atoms with Crippen molar-refractivity contribution in [2.45, 2.75) is 19.2 Å². The second-order valence-corrected chi connectivity index (χ2v) is 8.13. The molecular formula is C27H29N3O4. The second-order valence-electron chi connectivity index (χ2n) is 8.13. The highest BCUT2D eigenvalue weighted by Crippen LogP contribution is 2.13. The lowest BCUT2D eigenvalue weighted by Gasteiger charge is -2.25. The highest BCUT2D eigenvalue weighted by molar-refractivity contribution is 5.32. The van der Waals surface area contributed by atoms with Gasteiger partial charge in [-0.15, -0.1) is 0 Å². The van der Waals surface area contributed by atoms with Crippen LogP contribution in [0.15, 0.2) is 102 Å². The minimum atomic E-state index is -0.719. The molecule has 1 aromatic heterocycles. The van der Waals surface area contributed by atoms with Crippen LogP contribution in [0.2, 0.25) is 0 Å². The zero-order valence-corrected chi connectivity index (χ0v) is 18.9. The third-order valence-electron chi connectivity index (χ3n) is 5.54. The van der Waals surface area contributed by atoms with Gasteiger partial charge in [0.25, 0.3) is 0 Å². The first-order valence-electron chi connectivity index (χ1n) is 11.3. The minimum absolute atomic E-state index is 0.0959. The van der Waals surface area contributed by atoms with Crippen LogP contribution in [0.5, 0.6) is 11.6 Å². The molecule has 0 fully saturated rings. The number of rotatable bonds is 11. The number of nitrogens with zero attached hydrogens (tertiary/aromatic N) is 3. The van der Waals surface area contributed by atoms with Crippen LogP contribution < -0.4 is 10.4 Å². The van der Waals surface area contributed by atoms with Crippen LogP contribution in [-0.4, -0.2) is 50.0 Å². The molecule has 0 spiro atoms. The summed E-state index contributed by atoms with van der Waals surface area (Å²) in [5, 5.41) is 21.1. The molecule has 0 radical (unpaired) electrons. The summed E-state index contributed by atoms with van der Waals surface area (Å²) >= 11 is 0. The van der Waals surface area contributed by atoms with Crippen molar-refractivity contribution in [1.82, 2.24) is 14.0 Å². The zero-order valence-electron chi connectivity index (χ0n) is 18.9. The highest BCUT2D eigenvalue weighted by atomic mass is 16.5. The highest BCUT2D eigenvalue weighted by Gasteiger charge is 2.16. The molecule has 7 nitrogen and oxygen atoms in total. The Balaban J connectivity index is 1.44. The molecule has 1 heterocycles. The first-order chi connectivity index (χ1) is 16.6. The average Bonchev–Trinajstić information content (AvgIpc) is 3.16. The van der Waals surface area contributed by atoms with E-state index in [1.165, 1.54) is 15.3 Å². The lowest BCUT2D eigenvalue weighted by atomic mass is 10.2. The average molecular weight is 460 g/mol. The third-order valence-corrected chi connectivity index (χ3v) is 5.54. The van der Waals surface area contributed by atoms with Crippen molar-refractivity contribution in [2.75, 3.05) is 19.7 Å². The lowest BCUT2D eigenvalue weighted by Crippen LogP contribution is -2.38. The van der Waals surface area contributed by atoms with Gasteiger partial charge < -0.3 is 14.9 Å². The summed E-state index contributed by atoms with van der Waals surface area (Å²) in [6.07, 6.45) is 0.713. The van der Waals surface area contributed by atoms with Gasteiger partial charge in [0.1, 0.15) is 18.5 Å². The minimum Gasteiger partial charge on any atom is -0.493 e. The van der Waals surface area contributed by atoms with Crippen LogP contribution in [0.25, 0.3) is 5.69 Å². The smallest absolute Gasteiger partial charge is 0.335 e. The number of hydrogen-bond donors (Lipinski definition) is 2. The van der Waals surface area contributed by atoms with Crippen LogP contribution in [0.4, 0.5) is 0 Å². The summed E-state index contributed by atoms with van der Waals surface area (Å²) in [4.78, 5) is 15.0. The molecule has 0 bridgehead atoms. The summed E-state index contributed by atoms with van der Waals surface area (Å²) in [5.74, 6) is 0.608.